The summed E-state index contributed by atoms with van der Waals surface area (Å²) in [6, 6.07) is 8.18. The summed E-state index contributed by atoms with van der Waals surface area (Å²) in [6.07, 6.45) is 4.14. The van der Waals surface area contributed by atoms with E-state index >= 15 is 0 Å². The maximum absolute atomic E-state index is 11.9. The molecule has 3 nitrogen and oxygen atoms in total. The molecule has 0 bridgehead atoms. The van der Waals surface area contributed by atoms with Gasteiger partial charge in [0.05, 0.1) is 0 Å². The molecular formula is C14H17NO2. The molecule has 1 heterocycles. The average molecular weight is 231 g/mol. The molecule has 1 aromatic rings. The number of benzene rings is 1. The van der Waals surface area contributed by atoms with E-state index in [4.69, 9.17) is 4.74 Å². The lowest BCUT2D eigenvalue weighted by Gasteiger charge is -2.11. The van der Waals surface area contributed by atoms with E-state index in [1.54, 1.807) is 0 Å². The van der Waals surface area contributed by atoms with Crippen molar-refractivity contribution in [3.63, 3.8) is 0 Å². The van der Waals surface area contributed by atoms with Crippen LogP contribution in [0.15, 0.2) is 24.3 Å². The third kappa shape index (κ3) is 2.50. The molecule has 1 aliphatic carbocycles. The van der Waals surface area contributed by atoms with Gasteiger partial charge in [-0.3, -0.25) is 4.79 Å². The summed E-state index contributed by atoms with van der Waals surface area (Å²) in [5, 5.41) is 2.94. The molecule has 2 fully saturated rings. The Hall–Kier alpha value is -1.35. The van der Waals surface area contributed by atoms with Crippen LogP contribution >= 0.6 is 0 Å². The summed E-state index contributed by atoms with van der Waals surface area (Å²) in [7, 11) is 0. The number of ether oxygens (including phenoxy) is 1. The van der Waals surface area contributed by atoms with Crippen LogP contribution in [-0.2, 0) is 9.53 Å². The zero-order valence-electron chi connectivity index (χ0n) is 9.82. The van der Waals surface area contributed by atoms with Gasteiger partial charge in [-0.2, -0.15) is 0 Å². The van der Waals surface area contributed by atoms with Crippen molar-refractivity contribution in [2.24, 2.45) is 0 Å². The van der Waals surface area contributed by atoms with Gasteiger partial charge in [0.2, 0.25) is 0 Å². The summed E-state index contributed by atoms with van der Waals surface area (Å²) in [4.78, 5) is 11.9. The van der Waals surface area contributed by atoms with E-state index in [1.165, 1.54) is 18.4 Å². The number of hydrogen-bond acceptors (Lipinski definition) is 2. The molecule has 1 N–H and O–H groups in total. The van der Waals surface area contributed by atoms with E-state index in [9.17, 15) is 4.79 Å². The zero-order valence-corrected chi connectivity index (χ0v) is 9.82. The normalized spacial score (nSPS) is 23.6. The highest BCUT2D eigenvalue weighted by Crippen LogP contribution is 2.40. The van der Waals surface area contributed by atoms with Gasteiger partial charge in [-0.25, -0.2) is 0 Å². The molecule has 0 radical (unpaired) electrons. The van der Waals surface area contributed by atoms with Crippen molar-refractivity contribution in [2.45, 2.75) is 37.7 Å². The van der Waals surface area contributed by atoms with E-state index in [0.717, 1.165) is 24.4 Å². The largest absolute Gasteiger partial charge is 0.368 e. The standard InChI is InChI=1S/C14H17NO2/c16-14(13-5-2-8-17-13)15-12-4-1-3-11(9-12)10-6-7-10/h1,3-4,9-10,13H,2,5-8H2,(H,15,16)/t13-/m1/s1. The van der Waals surface area contributed by atoms with Gasteiger partial charge in [0.25, 0.3) is 5.91 Å². The number of hydrogen-bond donors (Lipinski definition) is 1. The van der Waals surface area contributed by atoms with Crippen LogP contribution in [-0.4, -0.2) is 18.6 Å². The SMILES string of the molecule is O=C(Nc1cccc(C2CC2)c1)[C@H]1CCCO1. The summed E-state index contributed by atoms with van der Waals surface area (Å²) in [5.41, 5.74) is 2.24. The maximum Gasteiger partial charge on any atom is 0.253 e. The molecule has 90 valence electrons. The maximum atomic E-state index is 11.9. The van der Waals surface area contributed by atoms with Crippen molar-refractivity contribution in [2.75, 3.05) is 11.9 Å². The fourth-order valence-electron chi connectivity index (χ4n) is 2.29. The first kappa shape index (κ1) is 10.8. The molecule has 1 saturated heterocycles. The fraction of sp³-hybridized carbons (Fsp3) is 0.500. The summed E-state index contributed by atoms with van der Waals surface area (Å²) in [6.45, 7) is 0.709. The van der Waals surface area contributed by atoms with Crippen LogP contribution in [0.4, 0.5) is 5.69 Å². The Morgan fingerprint density at radius 1 is 1.29 bits per heavy atom. The Labute approximate surface area is 101 Å². The smallest absolute Gasteiger partial charge is 0.253 e. The lowest BCUT2D eigenvalue weighted by Crippen LogP contribution is -2.26. The van der Waals surface area contributed by atoms with E-state index in [0.29, 0.717) is 6.61 Å². The Balaban J connectivity index is 1.67. The second kappa shape index (κ2) is 4.49. The van der Waals surface area contributed by atoms with Gasteiger partial charge < -0.3 is 10.1 Å². The van der Waals surface area contributed by atoms with Gasteiger partial charge >= 0.3 is 0 Å². The third-order valence-corrected chi connectivity index (χ3v) is 3.43. The molecular weight excluding hydrogens is 214 g/mol. The highest BCUT2D eigenvalue weighted by molar-refractivity contribution is 5.94. The molecule has 17 heavy (non-hydrogen) atoms. The lowest BCUT2D eigenvalue weighted by atomic mass is 10.1. The van der Waals surface area contributed by atoms with Gasteiger partial charge in [-0.15, -0.1) is 0 Å². The Morgan fingerprint density at radius 3 is 2.88 bits per heavy atom. The Kier molecular flexibility index (Phi) is 2.85. The van der Waals surface area contributed by atoms with E-state index in [2.05, 4.69) is 17.4 Å². The molecule has 0 unspecified atom stereocenters. The van der Waals surface area contributed by atoms with Crippen LogP contribution in [0.2, 0.25) is 0 Å². The predicted octanol–water partition coefficient (Wildman–Crippen LogP) is 2.68. The molecule has 3 heteroatoms. The molecule has 1 aliphatic heterocycles. The minimum Gasteiger partial charge on any atom is -0.368 e. The highest BCUT2D eigenvalue weighted by atomic mass is 16.5. The number of anilines is 1. The van der Waals surface area contributed by atoms with Gasteiger partial charge in [0.1, 0.15) is 6.10 Å². The molecule has 3 rings (SSSR count). The van der Waals surface area contributed by atoms with Crippen LogP contribution in [0.1, 0.15) is 37.2 Å². The number of amides is 1. The van der Waals surface area contributed by atoms with E-state index in [1.807, 2.05) is 12.1 Å². The second-order valence-corrected chi connectivity index (χ2v) is 4.89. The lowest BCUT2D eigenvalue weighted by molar-refractivity contribution is -0.124. The highest BCUT2D eigenvalue weighted by Gasteiger charge is 2.25. The molecule has 1 aromatic carbocycles. The summed E-state index contributed by atoms with van der Waals surface area (Å²) >= 11 is 0. The average Bonchev–Trinajstić information content (AvgIpc) is 3.04. The van der Waals surface area contributed by atoms with E-state index < -0.39 is 0 Å². The van der Waals surface area contributed by atoms with Gasteiger partial charge in [0.15, 0.2) is 0 Å². The minimum absolute atomic E-state index is 0.00422. The van der Waals surface area contributed by atoms with Crippen LogP contribution in [0.3, 0.4) is 0 Å². The number of rotatable bonds is 3. The number of nitrogens with one attached hydrogen (secondary N) is 1. The molecule has 1 atom stereocenters. The van der Waals surface area contributed by atoms with Gasteiger partial charge in [0, 0.05) is 12.3 Å². The second-order valence-electron chi connectivity index (χ2n) is 4.89. The quantitative estimate of drug-likeness (QED) is 0.868. The first-order chi connectivity index (χ1) is 8.33. The monoisotopic (exact) mass is 231 g/mol. The van der Waals surface area contributed by atoms with Crippen molar-refractivity contribution in [1.82, 2.24) is 0 Å². The zero-order chi connectivity index (χ0) is 11.7. The van der Waals surface area contributed by atoms with Crippen LogP contribution in [0.25, 0.3) is 0 Å². The third-order valence-electron chi connectivity index (χ3n) is 3.43. The first-order valence-corrected chi connectivity index (χ1v) is 6.35. The molecule has 0 aromatic heterocycles. The number of carbonyl (C=O) groups excluding carboxylic acids is 1. The van der Waals surface area contributed by atoms with Gasteiger partial charge in [-0.05, 0) is 49.3 Å². The predicted molar refractivity (Wildman–Crippen MR) is 66.0 cm³/mol. The molecule has 1 saturated carbocycles. The van der Waals surface area contributed by atoms with Crippen molar-refractivity contribution >= 4 is 11.6 Å². The van der Waals surface area contributed by atoms with Crippen molar-refractivity contribution in [3.05, 3.63) is 29.8 Å². The summed E-state index contributed by atoms with van der Waals surface area (Å²) < 4.78 is 5.36. The van der Waals surface area contributed by atoms with Crippen LogP contribution in [0.5, 0.6) is 0 Å². The topological polar surface area (TPSA) is 38.3 Å². The number of carbonyl (C=O) groups is 1. The minimum atomic E-state index is -0.250. The van der Waals surface area contributed by atoms with Gasteiger partial charge in [-0.1, -0.05) is 12.1 Å². The summed E-state index contributed by atoms with van der Waals surface area (Å²) in [5.74, 6) is 0.713. The van der Waals surface area contributed by atoms with Crippen LogP contribution < -0.4 is 5.32 Å². The Morgan fingerprint density at radius 2 is 2.18 bits per heavy atom. The fourth-order valence-corrected chi connectivity index (χ4v) is 2.29. The Bertz CT molecular complexity index is 420. The van der Waals surface area contributed by atoms with Crippen molar-refractivity contribution in [1.29, 1.82) is 0 Å². The molecule has 1 amide bonds. The van der Waals surface area contributed by atoms with Crippen molar-refractivity contribution < 1.29 is 9.53 Å². The molecule has 2 aliphatic rings. The first-order valence-electron chi connectivity index (χ1n) is 6.35. The van der Waals surface area contributed by atoms with E-state index in [-0.39, 0.29) is 12.0 Å². The van der Waals surface area contributed by atoms with Crippen molar-refractivity contribution in [3.8, 4) is 0 Å². The van der Waals surface area contributed by atoms with Crippen LogP contribution in [0, 0.1) is 0 Å². The molecule has 0 spiro atoms.